The van der Waals surface area contributed by atoms with Crippen molar-refractivity contribution in [3.8, 4) is 0 Å². The first-order chi connectivity index (χ1) is 9.43. The van der Waals surface area contributed by atoms with Crippen LogP contribution in [0.3, 0.4) is 0 Å². The lowest BCUT2D eigenvalue weighted by Gasteiger charge is -2.13. The number of nitrogens with zero attached hydrogens (tertiary/aromatic N) is 4. The van der Waals surface area contributed by atoms with Gasteiger partial charge < -0.3 is 5.32 Å². The van der Waals surface area contributed by atoms with Crippen LogP contribution in [0.25, 0.3) is 0 Å². The van der Waals surface area contributed by atoms with E-state index in [2.05, 4.69) is 15.4 Å². The Kier molecular flexibility index (Phi) is 4.03. The summed E-state index contributed by atoms with van der Waals surface area (Å²) in [4.78, 5) is 16.2. The first-order valence-electron chi connectivity index (χ1n) is 6.34. The topological polar surface area (TPSA) is 85.9 Å². The summed E-state index contributed by atoms with van der Waals surface area (Å²) in [6.45, 7) is 8.04. The monoisotopic (exact) mass is 295 g/mol. The molecule has 0 fully saturated rings. The zero-order chi connectivity index (χ0) is 14.9. The minimum Gasteiger partial charge on any atom is -0.356 e. The summed E-state index contributed by atoms with van der Waals surface area (Å²) in [5, 5.41) is 19.5. The summed E-state index contributed by atoms with van der Waals surface area (Å²) in [6.07, 6.45) is 1.80. The van der Waals surface area contributed by atoms with Gasteiger partial charge in [0.05, 0.1) is 11.0 Å². The number of aromatic nitrogens is 3. The highest BCUT2D eigenvalue weighted by Crippen LogP contribution is 2.32. The second kappa shape index (κ2) is 5.58. The summed E-state index contributed by atoms with van der Waals surface area (Å²) in [5.74, 6) is 0.440. The summed E-state index contributed by atoms with van der Waals surface area (Å²) < 4.78 is 1.62. The highest BCUT2D eigenvalue weighted by Gasteiger charge is 2.26. The maximum atomic E-state index is 11.2. The number of rotatable bonds is 5. The van der Waals surface area contributed by atoms with Crippen LogP contribution in [0.5, 0.6) is 0 Å². The van der Waals surface area contributed by atoms with Gasteiger partial charge in [-0.1, -0.05) is 0 Å². The van der Waals surface area contributed by atoms with Crippen molar-refractivity contribution in [2.24, 2.45) is 0 Å². The Morgan fingerprint density at radius 3 is 2.75 bits per heavy atom. The van der Waals surface area contributed by atoms with E-state index in [1.807, 2.05) is 20.8 Å². The standard InChI is InChI=1S/C12H17N5O2S/c1-5-16-11(10(17(18)19)8(3)15-16)14-9(4)12-13-6-7(2)20-12/h6,9,14H,5H2,1-4H3. The van der Waals surface area contributed by atoms with Gasteiger partial charge in [0.25, 0.3) is 0 Å². The fourth-order valence-corrected chi connectivity index (χ4v) is 2.78. The highest BCUT2D eigenvalue weighted by atomic mass is 32.1. The third kappa shape index (κ3) is 2.64. The van der Waals surface area contributed by atoms with Crippen LogP contribution in [0.4, 0.5) is 11.5 Å². The molecule has 1 N–H and O–H groups in total. The molecule has 1 atom stereocenters. The molecule has 7 nitrogen and oxygen atoms in total. The van der Waals surface area contributed by atoms with E-state index in [4.69, 9.17) is 0 Å². The normalized spacial score (nSPS) is 12.4. The van der Waals surface area contributed by atoms with Crippen molar-refractivity contribution in [1.29, 1.82) is 0 Å². The van der Waals surface area contributed by atoms with Gasteiger partial charge in [-0.25, -0.2) is 9.67 Å². The first kappa shape index (κ1) is 14.4. The molecule has 0 amide bonds. The second-order valence-electron chi connectivity index (χ2n) is 4.53. The third-order valence-electron chi connectivity index (χ3n) is 2.94. The summed E-state index contributed by atoms with van der Waals surface area (Å²) >= 11 is 1.58. The molecule has 2 aromatic heterocycles. The molecule has 108 valence electrons. The fourth-order valence-electron chi connectivity index (χ4n) is 2.00. The molecule has 0 saturated heterocycles. The number of anilines is 1. The number of nitrogens with one attached hydrogen (secondary N) is 1. The number of hydrogen-bond donors (Lipinski definition) is 1. The largest absolute Gasteiger partial charge is 0.356 e. The van der Waals surface area contributed by atoms with Crippen molar-refractivity contribution in [3.63, 3.8) is 0 Å². The molecular formula is C12H17N5O2S. The molecule has 0 aliphatic rings. The Morgan fingerprint density at radius 2 is 2.25 bits per heavy atom. The smallest absolute Gasteiger partial charge is 0.333 e. The van der Waals surface area contributed by atoms with Gasteiger partial charge in [-0.3, -0.25) is 10.1 Å². The minimum atomic E-state index is -0.392. The van der Waals surface area contributed by atoms with E-state index in [1.54, 1.807) is 29.1 Å². The van der Waals surface area contributed by atoms with Crippen molar-refractivity contribution in [2.45, 2.75) is 40.3 Å². The molecule has 2 heterocycles. The minimum absolute atomic E-state index is 0.0342. The number of nitro groups is 1. The van der Waals surface area contributed by atoms with Crippen LogP contribution in [0.1, 0.15) is 35.5 Å². The average molecular weight is 295 g/mol. The molecule has 1 unspecified atom stereocenters. The highest BCUT2D eigenvalue weighted by molar-refractivity contribution is 7.11. The zero-order valence-electron chi connectivity index (χ0n) is 11.9. The van der Waals surface area contributed by atoms with Gasteiger partial charge in [0.15, 0.2) is 0 Å². The van der Waals surface area contributed by atoms with Crippen LogP contribution < -0.4 is 5.32 Å². The predicted octanol–water partition coefficient (Wildman–Crippen LogP) is 3.06. The van der Waals surface area contributed by atoms with Crippen molar-refractivity contribution in [1.82, 2.24) is 14.8 Å². The van der Waals surface area contributed by atoms with Gasteiger partial charge in [-0.2, -0.15) is 5.10 Å². The van der Waals surface area contributed by atoms with E-state index < -0.39 is 4.92 Å². The summed E-state index contributed by atoms with van der Waals surface area (Å²) in [5.41, 5.74) is 0.453. The SMILES string of the molecule is CCn1nc(C)c([N+](=O)[O-])c1NC(C)c1ncc(C)s1. The molecule has 0 spiro atoms. The predicted molar refractivity (Wildman–Crippen MR) is 78.2 cm³/mol. The van der Waals surface area contributed by atoms with Gasteiger partial charge in [-0.05, 0) is 27.7 Å². The van der Waals surface area contributed by atoms with Gasteiger partial charge in [0.2, 0.25) is 5.82 Å². The molecular weight excluding hydrogens is 278 g/mol. The second-order valence-corrected chi connectivity index (χ2v) is 5.80. The Balaban J connectivity index is 2.34. The van der Waals surface area contributed by atoms with Crippen LogP contribution in [0.15, 0.2) is 6.20 Å². The van der Waals surface area contributed by atoms with E-state index in [0.717, 1.165) is 9.88 Å². The van der Waals surface area contributed by atoms with Crippen molar-refractivity contribution < 1.29 is 4.92 Å². The number of thiazole rings is 1. The molecule has 2 rings (SSSR count). The van der Waals surface area contributed by atoms with Crippen LogP contribution >= 0.6 is 11.3 Å². The molecule has 0 aliphatic carbocycles. The maximum Gasteiger partial charge on any atom is 0.333 e. The number of aryl methyl sites for hydroxylation is 3. The van der Waals surface area contributed by atoms with E-state index >= 15 is 0 Å². The Bertz CT molecular complexity index is 634. The van der Waals surface area contributed by atoms with Crippen molar-refractivity contribution in [3.05, 3.63) is 31.9 Å². The molecule has 0 aliphatic heterocycles. The Hall–Kier alpha value is -1.96. The summed E-state index contributed by atoms with van der Waals surface area (Å²) in [7, 11) is 0. The number of hydrogen-bond acceptors (Lipinski definition) is 6. The molecule has 0 aromatic carbocycles. The van der Waals surface area contributed by atoms with E-state index in [9.17, 15) is 10.1 Å². The van der Waals surface area contributed by atoms with Crippen LogP contribution in [0.2, 0.25) is 0 Å². The van der Waals surface area contributed by atoms with Crippen LogP contribution in [0, 0.1) is 24.0 Å². The quantitative estimate of drug-likeness (QED) is 0.676. The lowest BCUT2D eigenvalue weighted by molar-refractivity contribution is -0.384. The van der Waals surface area contributed by atoms with Crippen molar-refractivity contribution >= 4 is 22.8 Å². The zero-order valence-corrected chi connectivity index (χ0v) is 12.7. The van der Waals surface area contributed by atoms with Gasteiger partial charge in [0, 0.05) is 17.6 Å². The molecule has 8 heteroatoms. The van der Waals surface area contributed by atoms with Gasteiger partial charge in [-0.15, -0.1) is 11.3 Å². The molecule has 0 bridgehead atoms. The van der Waals surface area contributed by atoms with E-state index in [0.29, 0.717) is 18.1 Å². The maximum absolute atomic E-state index is 11.2. The lowest BCUT2D eigenvalue weighted by Crippen LogP contribution is -2.12. The third-order valence-corrected chi connectivity index (χ3v) is 4.04. The van der Waals surface area contributed by atoms with E-state index in [1.165, 1.54) is 0 Å². The van der Waals surface area contributed by atoms with Crippen LogP contribution in [-0.4, -0.2) is 19.7 Å². The van der Waals surface area contributed by atoms with Gasteiger partial charge >= 0.3 is 5.69 Å². The van der Waals surface area contributed by atoms with Crippen LogP contribution in [-0.2, 0) is 6.54 Å². The fraction of sp³-hybridized carbons (Fsp3) is 0.500. The molecule has 0 radical (unpaired) electrons. The molecule has 0 saturated carbocycles. The van der Waals surface area contributed by atoms with Gasteiger partial charge in [0.1, 0.15) is 10.7 Å². The average Bonchev–Trinajstić information content (AvgIpc) is 2.93. The lowest BCUT2D eigenvalue weighted by atomic mass is 10.3. The summed E-state index contributed by atoms with van der Waals surface area (Å²) in [6, 6.07) is -0.103. The van der Waals surface area contributed by atoms with Crippen molar-refractivity contribution in [2.75, 3.05) is 5.32 Å². The molecule has 20 heavy (non-hydrogen) atoms. The van der Waals surface area contributed by atoms with E-state index in [-0.39, 0.29) is 11.7 Å². The Morgan fingerprint density at radius 1 is 1.55 bits per heavy atom. The Labute approximate surface area is 120 Å². The first-order valence-corrected chi connectivity index (χ1v) is 7.16. The molecule has 2 aromatic rings.